The van der Waals surface area contributed by atoms with Gasteiger partial charge >= 0.3 is 0 Å². The molecule has 0 aromatic heterocycles. The lowest BCUT2D eigenvalue weighted by Gasteiger charge is -2.35. The van der Waals surface area contributed by atoms with E-state index in [-0.39, 0.29) is 5.41 Å². The van der Waals surface area contributed by atoms with Crippen LogP contribution in [0.1, 0.15) is 62.8 Å². The average Bonchev–Trinajstić information content (AvgIpc) is 3.07. The number of benzene rings is 1. The molecule has 1 saturated carbocycles. The average molecular weight is 267 g/mol. The van der Waals surface area contributed by atoms with Crippen LogP contribution in [0.2, 0.25) is 0 Å². The van der Waals surface area contributed by atoms with Gasteiger partial charge in [0.05, 0.1) is 0 Å². The van der Waals surface area contributed by atoms with Crippen LogP contribution < -0.4 is 0 Å². The predicted octanol–water partition coefficient (Wildman–Crippen LogP) is 3.83. The molecule has 0 radical (unpaired) electrons. The maximum Gasteiger partial charge on any atom is 0.0289 e. The predicted molar refractivity (Wildman–Crippen MR) is 84.9 cm³/mol. The van der Waals surface area contributed by atoms with Crippen molar-refractivity contribution in [1.82, 2.24) is 4.90 Å². The Morgan fingerprint density at radius 3 is 2.45 bits per heavy atom. The summed E-state index contributed by atoms with van der Waals surface area (Å²) < 4.78 is 0. The summed E-state index contributed by atoms with van der Waals surface area (Å²) in [4.78, 5) is 2.48. The Bertz CT molecular complexity index is 603. The van der Waals surface area contributed by atoms with Gasteiger partial charge < -0.3 is 4.90 Å². The smallest absolute Gasteiger partial charge is 0.0289 e. The lowest BCUT2D eigenvalue weighted by Crippen LogP contribution is -2.36. The van der Waals surface area contributed by atoms with Gasteiger partial charge in [0.1, 0.15) is 0 Å². The first-order chi connectivity index (χ1) is 9.36. The molecule has 0 N–H and O–H groups in total. The molecule has 0 bridgehead atoms. The fourth-order valence-electron chi connectivity index (χ4n) is 3.62. The molecule has 1 fully saturated rings. The Morgan fingerprint density at radius 2 is 1.90 bits per heavy atom. The minimum absolute atomic E-state index is 0.186. The second kappa shape index (κ2) is 4.37. The van der Waals surface area contributed by atoms with Crippen LogP contribution in [-0.2, 0) is 17.4 Å². The first-order valence-electron chi connectivity index (χ1n) is 7.65. The van der Waals surface area contributed by atoms with E-state index >= 15 is 0 Å². The Labute approximate surface area is 123 Å². The summed E-state index contributed by atoms with van der Waals surface area (Å²) in [5.41, 5.74) is 6.39. The van der Waals surface area contributed by atoms with Crippen molar-refractivity contribution in [3.63, 3.8) is 0 Å². The summed E-state index contributed by atoms with van der Waals surface area (Å²) in [5.74, 6) is 6.52. The second-order valence-corrected chi connectivity index (χ2v) is 7.64. The normalized spacial score (nSPS) is 20.2. The summed E-state index contributed by atoms with van der Waals surface area (Å²) in [7, 11) is 2.25. The van der Waals surface area contributed by atoms with Gasteiger partial charge in [-0.25, -0.2) is 0 Å². The van der Waals surface area contributed by atoms with E-state index in [1.807, 2.05) is 6.92 Å². The SMILES string of the molecule is CC#Cc1cc(C(C)(C)C)cc2c1C1(CC1)CN(C)C2. The highest BCUT2D eigenvalue weighted by Gasteiger charge is 2.49. The van der Waals surface area contributed by atoms with Crippen LogP contribution in [0.15, 0.2) is 12.1 Å². The molecule has 1 nitrogen and oxygen atoms in total. The van der Waals surface area contributed by atoms with Crippen molar-refractivity contribution in [2.75, 3.05) is 13.6 Å². The van der Waals surface area contributed by atoms with Crippen molar-refractivity contribution < 1.29 is 0 Å². The Hall–Kier alpha value is -1.26. The van der Waals surface area contributed by atoms with Crippen molar-refractivity contribution >= 4 is 0 Å². The van der Waals surface area contributed by atoms with E-state index in [9.17, 15) is 0 Å². The van der Waals surface area contributed by atoms with Crippen LogP contribution in [0.5, 0.6) is 0 Å². The highest BCUT2D eigenvalue weighted by Crippen LogP contribution is 2.53. The number of hydrogen-bond acceptors (Lipinski definition) is 1. The molecule has 20 heavy (non-hydrogen) atoms. The van der Waals surface area contributed by atoms with Crippen molar-refractivity contribution in [3.05, 3.63) is 34.4 Å². The molecular weight excluding hydrogens is 242 g/mol. The number of nitrogens with zero attached hydrogens (tertiary/aromatic N) is 1. The van der Waals surface area contributed by atoms with Crippen LogP contribution in [0.25, 0.3) is 0 Å². The molecule has 2 aliphatic rings. The topological polar surface area (TPSA) is 3.24 Å². The van der Waals surface area contributed by atoms with Gasteiger partial charge in [0.25, 0.3) is 0 Å². The van der Waals surface area contributed by atoms with Crippen molar-refractivity contribution in [2.24, 2.45) is 0 Å². The molecule has 0 saturated heterocycles. The number of fused-ring (bicyclic) bond motifs is 2. The number of hydrogen-bond donors (Lipinski definition) is 0. The molecule has 1 spiro atoms. The Balaban J connectivity index is 2.22. The minimum Gasteiger partial charge on any atom is -0.301 e. The maximum absolute atomic E-state index is 3.39. The zero-order valence-electron chi connectivity index (χ0n) is 13.4. The Kier molecular flexibility index (Phi) is 2.99. The molecule has 106 valence electrons. The van der Waals surface area contributed by atoms with E-state index in [0.29, 0.717) is 5.41 Å². The van der Waals surface area contributed by atoms with Crippen LogP contribution in [0.4, 0.5) is 0 Å². The van der Waals surface area contributed by atoms with Crippen molar-refractivity contribution in [2.45, 2.75) is 57.9 Å². The monoisotopic (exact) mass is 267 g/mol. The number of likely N-dealkylation sites (N-methyl/N-ethyl adjacent to an activating group) is 1. The highest BCUT2D eigenvalue weighted by molar-refractivity contribution is 5.56. The lowest BCUT2D eigenvalue weighted by atomic mass is 9.78. The lowest BCUT2D eigenvalue weighted by molar-refractivity contribution is 0.270. The van der Waals surface area contributed by atoms with E-state index in [2.05, 4.69) is 56.7 Å². The molecule has 3 rings (SSSR count). The molecule has 0 atom stereocenters. The molecule has 1 aliphatic heterocycles. The third-order valence-electron chi connectivity index (χ3n) is 4.74. The summed E-state index contributed by atoms with van der Waals surface area (Å²) in [6.45, 7) is 11.1. The zero-order chi connectivity index (χ0) is 14.5. The van der Waals surface area contributed by atoms with E-state index in [1.165, 1.54) is 36.1 Å². The third kappa shape index (κ3) is 2.17. The Morgan fingerprint density at radius 1 is 1.20 bits per heavy atom. The molecule has 1 aromatic rings. The van der Waals surface area contributed by atoms with Gasteiger partial charge in [-0.2, -0.15) is 0 Å². The van der Waals surface area contributed by atoms with Gasteiger partial charge in [-0.15, -0.1) is 5.92 Å². The van der Waals surface area contributed by atoms with Gasteiger partial charge in [-0.3, -0.25) is 0 Å². The van der Waals surface area contributed by atoms with Crippen LogP contribution >= 0.6 is 0 Å². The van der Waals surface area contributed by atoms with Crippen LogP contribution in [0.3, 0.4) is 0 Å². The van der Waals surface area contributed by atoms with E-state index < -0.39 is 0 Å². The first-order valence-corrected chi connectivity index (χ1v) is 7.65. The zero-order valence-corrected chi connectivity index (χ0v) is 13.4. The van der Waals surface area contributed by atoms with E-state index in [0.717, 1.165) is 6.54 Å². The molecule has 1 aliphatic carbocycles. The summed E-state index contributed by atoms with van der Waals surface area (Å²) in [6, 6.07) is 4.78. The van der Waals surface area contributed by atoms with Crippen LogP contribution in [0, 0.1) is 11.8 Å². The summed E-state index contributed by atoms with van der Waals surface area (Å²) in [5, 5.41) is 0. The maximum atomic E-state index is 3.39. The summed E-state index contributed by atoms with van der Waals surface area (Å²) >= 11 is 0. The number of rotatable bonds is 0. The molecular formula is C19H25N. The molecule has 1 heterocycles. The second-order valence-electron chi connectivity index (χ2n) is 7.64. The highest BCUT2D eigenvalue weighted by atomic mass is 15.1. The fourth-order valence-corrected chi connectivity index (χ4v) is 3.62. The van der Waals surface area contributed by atoms with Gasteiger partial charge in [-0.05, 0) is 55.0 Å². The minimum atomic E-state index is 0.186. The largest absolute Gasteiger partial charge is 0.301 e. The van der Waals surface area contributed by atoms with Crippen molar-refractivity contribution in [1.29, 1.82) is 0 Å². The van der Waals surface area contributed by atoms with Gasteiger partial charge in [-0.1, -0.05) is 32.8 Å². The third-order valence-corrected chi connectivity index (χ3v) is 4.74. The van der Waals surface area contributed by atoms with E-state index in [1.54, 1.807) is 5.56 Å². The first kappa shape index (κ1) is 13.7. The summed E-state index contributed by atoms with van der Waals surface area (Å²) in [6.07, 6.45) is 2.66. The quantitative estimate of drug-likeness (QED) is 0.646. The van der Waals surface area contributed by atoms with Crippen molar-refractivity contribution in [3.8, 4) is 11.8 Å². The fraction of sp³-hybridized carbons (Fsp3) is 0.579. The van der Waals surface area contributed by atoms with Gasteiger partial charge in [0.15, 0.2) is 0 Å². The molecule has 1 aromatic carbocycles. The van der Waals surface area contributed by atoms with E-state index in [4.69, 9.17) is 0 Å². The van der Waals surface area contributed by atoms with Gasteiger partial charge in [0.2, 0.25) is 0 Å². The van der Waals surface area contributed by atoms with Crippen LogP contribution in [-0.4, -0.2) is 18.5 Å². The van der Waals surface area contributed by atoms with Gasteiger partial charge in [0, 0.05) is 24.1 Å². The standard InChI is InChI=1S/C19H25N/c1-6-7-14-10-16(18(2,3)4)11-15-12-20(5)13-19(8-9-19)17(14)15/h10-11H,8-9,12-13H2,1-5H3. The molecule has 0 unspecified atom stereocenters. The molecule has 0 amide bonds. The molecule has 1 heteroatoms.